The van der Waals surface area contributed by atoms with Crippen LogP contribution in [0.4, 0.5) is 5.13 Å². The molecular weight excluding hydrogens is 250 g/mol. The maximum absolute atomic E-state index is 11.8. The van der Waals surface area contributed by atoms with Crippen molar-refractivity contribution in [3.63, 3.8) is 0 Å². The maximum atomic E-state index is 11.8. The first-order valence-corrected chi connectivity index (χ1v) is 6.27. The number of hydrogen-bond acceptors (Lipinski definition) is 5. The number of carbonyl (C=O) groups is 1. The van der Waals surface area contributed by atoms with Crippen molar-refractivity contribution in [1.82, 2.24) is 4.98 Å². The number of nitrogens with two attached hydrogens (primary N) is 1. The number of rotatable bonds is 4. The van der Waals surface area contributed by atoms with E-state index in [0.29, 0.717) is 11.6 Å². The Hall–Kier alpha value is -1.92. The van der Waals surface area contributed by atoms with Gasteiger partial charge in [0, 0.05) is 11.6 Å². The highest BCUT2D eigenvalue weighted by molar-refractivity contribution is 7.13. The number of carbonyl (C=O) groups excluding carboxylic acids is 1. The van der Waals surface area contributed by atoms with Crippen molar-refractivity contribution in [2.45, 2.75) is 12.5 Å². The van der Waals surface area contributed by atoms with Gasteiger partial charge in [-0.15, -0.1) is 11.3 Å². The van der Waals surface area contributed by atoms with Crippen LogP contribution in [-0.4, -0.2) is 22.0 Å². The Labute approximate surface area is 108 Å². The van der Waals surface area contributed by atoms with Gasteiger partial charge in [0.05, 0.1) is 6.04 Å². The second-order valence-corrected chi connectivity index (χ2v) is 4.70. The molecule has 0 bridgehead atoms. The molecule has 5 nitrogen and oxygen atoms in total. The average molecular weight is 263 g/mol. The SMILES string of the molecule is N[C@@H](Cc1ccc(O)cc1)C(=O)Nc1nccs1. The number of thiazole rings is 1. The lowest BCUT2D eigenvalue weighted by Crippen LogP contribution is -2.37. The highest BCUT2D eigenvalue weighted by Gasteiger charge is 2.15. The summed E-state index contributed by atoms with van der Waals surface area (Å²) in [4.78, 5) is 15.7. The Bertz CT molecular complexity index is 511. The molecule has 0 aliphatic heterocycles. The first kappa shape index (κ1) is 12.5. The number of benzene rings is 1. The Morgan fingerprint density at radius 3 is 2.78 bits per heavy atom. The third-order valence-electron chi connectivity index (χ3n) is 2.39. The Balaban J connectivity index is 1.93. The standard InChI is InChI=1S/C12H13N3O2S/c13-10(7-8-1-3-9(16)4-2-8)11(17)15-12-14-5-6-18-12/h1-6,10,16H,7,13H2,(H,14,15,17)/t10-/m0/s1. The zero-order valence-corrected chi connectivity index (χ0v) is 10.4. The summed E-state index contributed by atoms with van der Waals surface area (Å²) in [5, 5.41) is 14.1. The first-order chi connectivity index (χ1) is 8.65. The van der Waals surface area contributed by atoms with E-state index in [0.717, 1.165) is 5.56 Å². The number of nitrogens with zero attached hydrogens (tertiary/aromatic N) is 1. The van der Waals surface area contributed by atoms with Gasteiger partial charge in [0.15, 0.2) is 5.13 Å². The molecule has 2 aromatic rings. The first-order valence-electron chi connectivity index (χ1n) is 5.39. The topological polar surface area (TPSA) is 88.2 Å². The van der Waals surface area contributed by atoms with E-state index in [4.69, 9.17) is 10.8 Å². The molecule has 0 aliphatic rings. The van der Waals surface area contributed by atoms with Crippen LogP contribution in [0.15, 0.2) is 35.8 Å². The van der Waals surface area contributed by atoms with Crippen LogP contribution in [0, 0.1) is 0 Å². The maximum Gasteiger partial charge on any atom is 0.243 e. The summed E-state index contributed by atoms with van der Waals surface area (Å²) in [5.74, 6) is -0.0717. The van der Waals surface area contributed by atoms with E-state index in [-0.39, 0.29) is 11.7 Å². The van der Waals surface area contributed by atoms with Crippen LogP contribution in [0.25, 0.3) is 0 Å². The number of anilines is 1. The molecular formula is C12H13N3O2S. The monoisotopic (exact) mass is 263 g/mol. The van der Waals surface area contributed by atoms with Gasteiger partial charge in [0.25, 0.3) is 0 Å². The van der Waals surface area contributed by atoms with Crippen molar-refractivity contribution >= 4 is 22.4 Å². The molecule has 1 aromatic heterocycles. The van der Waals surface area contributed by atoms with E-state index in [1.54, 1.807) is 35.8 Å². The highest BCUT2D eigenvalue weighted by atomic mass is 32.1. The van der Waals surface area contributed by atoms with Gasteiger partial charge in [-0.3, -0.25) is 4.79 Å². The van der Waals surface area contributed by atoms with Crippen LogP contribution in [0.1, 0.15) is 5.56 Å². The average Bonchev–Trinajstić information content (AvgIpc) is 2.85. The summed E-state index contributed by atoms with van der Waals surface area (Å²) in [6.45, 7) is 0. The van der Waals surface area contributed by atoms with E-state index in [1.807, 2.05) is 0 Å². The second-order valence-electron chi connectivity index (χ2n) is 3.80. The van der Waals surface area contributed by atoms with Crippen molar-refractivity contribution in [2.75, 3.05) is 5.32 Å². The van der Waals surface area contributed by atoms with E-state index >= 15 is 0 Å². The van der Waals surface area contributed by atoms with Gasteiger partial charge in [-0.05, 0) is 24.1 Å². The molecule has 0 unspecified atom stereocenters. The molecule has 0 spiro atoms. The van der Waals surface area contributed by atoms with Crippen LogP contribution in [0.3, 0.4) is 0 Å². The number of aromatic nitrogens is 1. The van der Waals surface area contributed by atoms with Gasteiger partial charge in [-0.2, -0.15) is 0 Å². The number of amides is 1. The predicted molar refractivity (Wildman–Crippen MR) is 70.5 cm³/mol. The minimum absolute atomic E-state index is 0.194. The van der Waals surface area contributed by atoms with Crippen molar-refractivity contribution < 1.29 is 9.90 Å². The Kier molecular flexibility index (Phi) is 3.91. The summed E-state index contributed by atoms with van der Waals surface area (Å²) in [5.41, 5.74) is 6.70. The molecule has 1 atom stereocenters. The van der Waals surface area contributed by atoms with Gasteiger partial charge in [-0.25, -0.2) is 4.98 Å². The van der Waals surface area contributed by atoms with Gasteiger partial charge in [0.1, 0.15) is 5.75 Å². The lowest BCUT2D eigenvalue weighted by molar-refractivity contribution is -0.117. The van der Waals surface area contributed by atoms with Crippen molar-refractivity contribution in [2.24, 2.45) is 5.73 Å². The predicted octanol–water partition coefficient (Wildman–Crippen LogP) is 1.36. The molecule has 0 radical (unpaired) electrons. The molecule has 4 N–H and O–H groups in total. The molecule has 94 valence electrons. The van der Waals surface area contributed by atoms with Gasteiger partial charge >= 0.3 is 0 Å². The molecule has 1 amide bonds. The zero-order valence-electron chi connectivity index (χ0n) is 9.54. The summed E-state index contributed by atoms with van der Waals surface area (Å²) < 4.78 is 0. The third-order valence-corrected chi connectivity index (χ3v) is 3.08. The summed E-state index contributed by atoms with van der Waals surface area (Å²) >= 11 is 1.35. The molecule has 0 fully saturated rings. The minimum atomic E-state index is -0.640. The number of aromatic hydroxyl groups is 1. The summed E-state index contributed by atoms with van der Waals surface area (Å²) in [7, 11) is 0. The third kappa shape index (κ3) is 3.28. The van der Waals surface area contributed by atoms with Gasteiger partial charge < -0.3 is 16.2 Å². The molecule has 0 saturated carbocycles. The van der Waals surface area contributed by atoms with Crippen LogP contribution >= 0.6 is 11.3 Å². The highest BCUT2D eigenvalue weighted by Crippen LogP contribution is 2.13. The fourth-order valence-electron chi connectivity index (χ4n) is 1.46. The normalized spacial score (nSPS) is 12.1. The van der Waals surface area contributed by atoms with Crippen molar-refractivity contribution in [3.05, 3.63) is 41.4 Å². The smallest absolute Gasteiger partial charge is 0.243 e. The Morgan fingerprint density at radius 1 is 1.44 bits per heavy atom. The van der Waals surface area contributed by atoms with Crippen molar-refractivity contribution in [3.8, 4) is 5.75 Å². The Morgan fingerprint density at radius 2 is 2.17 bits per heavy atom. The quantitative estimate of drug-likeness (QED) is 0.777. The van der Waals surface area contributed by atoms with E-state index in [9.17, 15) is 4.79 Å². The molecule has 18 heavy (non-hydrogen) atoms. The largest absolute Gasteiger partial charge is 0.508 e. The van der Waals surface area contributed by atoms with Gasteiger partial charge in [-0.1, -0.05) is 12.1 Å². The summed E-state index contributed by atoms with van der Waals surface area (Å²) in [6.07, 6.45) is 2.03. The van der Waals surface area contributed by atoms with E-state index in [1.165, 1.54) is 11.3 Å². The van der Waals surface area contributed by atoms with E-state index < -0.39 is 6.04 Å². The van der Waals surface area contributed by atoms with Crippen LogP contribution in [0.2, 0.25) is 0 Å². The van der Waals surface area contributed by atoms with Crippen LogP contribution < -0.4 is 11.1 Å². The van der Waals surface area contributed by atoms with Crippen LogP contribution in [-0.2, 0) is 11.2 Å². The number of hydrogen-bond donors (Lipinski definition) is 3. The van der Waals surface area contributed by atoms with Gasteiger partial charge in [0.2, 0.25) is 5.91 Å². The summed E-state index contributed by atoms with van der Waals surface area (Å²) in [6, 6.07) is 5.98. The zero-order chi connectivity index (χ0) is 13.0. The number of phenolic OH excluding ortho intramolecular Hbond substituents is 1. The number of nitrogens with one attached hydrogen (secondary N) is 1. The van der Waals surface area contributed by atoms with E-state index in [2.05, 4.69) is 10.3 Å². The second kappa shape index (κ2) is 5.61. The fourth-order valence-corrected chi connectivity index (χ4v) is 1.99. The lowest BCUT2D eigenvalue weighted by atomic mass is 10.1. The fraction of sp³-hybridized carbons (Fsp3) is 0.167. The molecule has 0 aliphatic carbocycles. The van der Waals surface area contributed by atoms with Crippen molar-refractivity contribution in [1.29, 1.82) is 0 Å². The molecule has 2 rings (SSSR count). The minimum Gasteiger partial charge on any atom is -0.508 e. The molecule has 1 heterocycles. The molecule has 6 heteroatoms. The lowest BCUT2D eigenvalue weighted by Gasteiger charge is -2.10. The van der Waals surface area contributed by atoms with Crippen LogP contribution in [0.5, 0.6) is 5.75 Å². The number of phenols is 1. The molecule has 0 saturated heterocycles. The molecule has 1 aromatic carbocycles.